The lowest BCUT2D eigenvalue weighted by molar-refractivity contribution is -0.149. The number of carboxylic acids is 1. The molecule has 0 radical (unpaired) electrons. The first-order valence-corrected chi connectivity index (χ1v) is 5.64. The van der Waals surface area contributed by atoms with E-state index in [2.05, 4.69) is 15.0 Å². The average molecular weight is 266 g/mol. The Morgan fingerprint density at radius 3 is 2.74 bits per heavy atom. The van der Waals surface area contributed by atoms with Gasteiger partial charge in [0.2, 0.25) is 0 Å². The summed E-state index contributed by atoms with van der Waals surface area (Å²) in [7, 11) is 0. The summed E-state index contributed by atoms with van der Waals surface area (Å²) in [4.78, 5) is 37.7. The van der Waals surface area contributed by atoms with Gasteiger partial charge in [0, 0.05) is 12.4 Å². The Hall–Kier alpha value is -2.44. The number of ether oxygens (including phenoxy) is 1. The minimum absolute atomic E-state index is 0.154. The quantitative estimate of drug-likeness (QED) is 0.713. The standard InChI is InChI=1S/C12H14N2O5/c1-2-19-10(15)6-9(12(17)18)14-11(16)8-4-3-5-13-7-8/h3-5,7,9H,2,6H2,1H3,(H,14,16)(H,17,18)/t9-/m0/s1. The van der Waals surface area contributed by atoms with E-state index >= 15 is 0 Å². The van der Waals surface area contributed by atoms with E-state index in [1.54, 1.807) is 13.0 Å². The summed E-state index contributed by atoms with van der Waals surface area (Å²) in [5.41, 5.74) is 0.220. The number of pyridine rings is 1. The van der Waals surface area contributed by atoms with E-state index in [1.807, 2.05) is 0 Å². The number of aliphatic carboxylic acids is 1. The fourth-order valence-electron chi connectivity index (χ4n) is 1.33. The second-order valence-electron chi connectivity index (χ2n) is 3.62. The van der Waals surface area contributed by atoms with Gasteiger partial charge in [-0.25, -0.2) is 4.79 Å². The van der Waals surface area contributed by atoms with Crippen LogP contribution in [0.15, 0.2) is 24.5 Å². The molecule has 0 aliphatic heterocycles. The van der Waals surface area contributed by atoms with Crippen LogP contribution in [0.3, 0.4) is 0 Å². The Bertz CT molecular complexity index is 460. The third kappa shape index (κ3) is 4.74. The molecule has 0 aliphatic rings. The van der Waals surface area contributed by atoms with Crippen molar-refractivity contribution in [3.63, 3.8) is 0 Å². The van der Waals surface area contributed by atoms with Gasteiger partial charge in [-0.15, -0.1) is 0 Å². The van der Waals surface area contributed by atoms with E-state index in [-0.39, 0.29) is 12.2 Å². The molecule has 7 nitrogen and oxygen atoms in total. The van der Waals surface area contributed by atoms with Crippen LogP contribution in [0.4, 0.5) is 0 Å². The lowest BCUT2D eigenvalue weighted by atomic mass is 10.2. The number of nitrogens with one attached hydrogen (secondary N) is 1. The van der Waals surface area contributed by atoms with Crippen LogP contribution in [0, 0.1) is 0 Å². The second-order valence-corrected chi connectivity index (χ2v) is 3.62. The van der Waals surface area contributed by atoms with Gasteiger partial charge in [0.25, 0.3) is 5.91 Å². The minimum atomic E-state index is -1.33. The monoisotopic (exact) mass is 266 g/mol. The van der Waals surface area contributed by atoms with Crippen LogP contribution in [0.2, 0.25) is 0 Å². The molecule has 1 amide bonds. The summed E-state index contributed by atoms with van der Waals surface area (Å²) >= 11 is 0. The van der Waals surface area contributed by atoms with Gasteiger partial charge in [0.05, 0.1) is 18.6 Å². The number of rotatable bonds is 6. The first-order valence-electron chi connectivity index (χ1n) is 5.64. The zero-order chi connectivity index (χ0) is 14.3. The van der Waals surface area contributed by atoms with Crippen LogP contribution >= 0.6 is 0 Å². The average Bonchev–Trinajstić information content (AvgIpc) is 2.39. The number of carbonyl (C=O) groups is 3. The molecule has 19 heavy (non-hydrogen) atoms. The minimum Gasteiger partial charge on any atom is -0.480 e. The number of esters is 1. The zero-order valence-electron chi connectivity index (χ0n) is 10.3. The highest BCUT2D eigenvalue weighted by Gasteiger charge is 2.24. The van der Waals surface area contributed by atoms with Crippen molar-refractivity contribution in [3.8, 4) is 0 Å². The first kappa shape index (κ1) is 14.6. The Kier molecular flexibility index (Phi) is 5.46. The largest absolute Gasteiger partial charge is 0.480 e. The van der Waals surface area contributed by atoms with Crippen LogP contribution in [0.25, 0.3) is 0 Å². The summed E-state index contributed by atoms with van der Waals surface area (Å²) in [6.45, 7) is 1.77. The van der Waals surface area contributed by atoms with Crippen molar-refractivity contribution in [1.29, 1.82) is 0 Å². The molecule has 0 unspecified atom stereocenters. The molecule has 0 fully saturated rings. The van der Waals surface area contributed by atoms with Gasteiger partial charge in [-0.2, -0.15) is 0 Å². The Labute approximate surface area is 109 Å². The number of aromatic nitrogens is 1. The number of carbonyl (C=O) groups excluding carboxylic acids is 2. The summed E-state index contributed by atoms with van der Waals surface area (Å²) in [6, 6.07) is 1.72. The Morgan fingerprint density at radius 1 is 1.47 bits per heavy atom. The molecular formula is C12H14N2O5. The van der Waals surface area contributed by atoms with Gasteiger partial charge in [-0.3, -0.25) is 14.6 Å². The van der Waals surface area contributed by atoms with Crippen molar-refractivity contribution < 1.29 is 24.2 Å². The SMILES string of the molecule is CCOC(=O)C[C@H](NC(=O)c1cccnc1)C(=O)O. The van der Waals surface area contributed by atoms with Crippen molar-refractivity contribution >= 4 is 17.8 Å². The van der Waals surface area contributed by atoms with Crippen molar-refractivity contribution in [1.82, 2.24) is 10.3 Å². The molecule has 1 atom stereocenters. The van der Waals surface area contributed by atoms with Crippen LogP contribution < -0.4 is 5.32 Å². The van der Waals surface area contributed by atoms with E-state index in [0.717, 1.165) is 0 Å². The van der Waals surface area contributed by atoms with E-state index < -0.39 is 30.3 Å². The predicted octanol–water partition coefficient (Wildman–Crippen LogP) is 0.218. The van der Waals surface area contributed by atoms with Gasteiger partial charge in [-0.1, -0.05) is 0 Å². The van der Waals surface area contributed by atoms with Crippen molar-refractivity contribution in [2.24, 2.45) is 0 Å². The first-order chi connectivity index (χ1) is 9.04. The number of carboxylic acid groups (broad SMARTS) is 1. The van der Waals surface area contributed by atoms with E-state index in [9.17, 15) is 14.4 Å². The van der Waals surface area contributed by atoms with Crippen LogP contribution in [-0.4, -0.2) is 40.6 Å². The molecule has 0 spiro atoms. The molecule has 0 saturated heterocycles. The Balaban J connectivity index is 2.66. The smallest absolute Gasteiger partial charge is 0.326 e. The predicted molar refractivity (Wildman–Crippen MR) is 64.4 cm³/mol. The molecule has 1 aromatic rings. The molecule has 0 saturated carbocycles. The van der Waals surface area contributed by atoms with E-state index in [4.69, 9.17) is 5.11 Å². The maximum Gasteiger partial charge on any atom is 0.326 e. The second kappa shape index (κ2) is 7.10. The maximum absolute atomic E-state index is 11.7. The van der Waals surface area contributed by atoms with Crippen LogP contribution in [0.1, 0.15) is 23.7 Å². The molecule has 1 heterocycles. The zero-order valence-corrected chi connectivity index (χ0v) is 10.3. The topological polar surface area (TPSA) is 106 Å². The summed E-state index contributed by atoms with van der Waals surface area (Å²) in [5, 5.41) is 11.2. The molecule has 102 valence electrons. The number of amides is 1. The fourth-order valence-corrected chi connectivity index (χ4v) is 1.33. The number of hydrogen-bond donors (Lipinski definition) is 2. The van der Waals surface area contributed by atoms with E-state index in [1.165, 1.54) is 18.5 Å². The van der Waals surface area contributed by atoms with Crippen molar-refractivity contribution in [3.05, 3.63) is 30.1 Å². The van der Waals surface area contributed by atoms with Crippen molar-refractivity contribution in [2.75, 3.05) is 6.61 Å². The lowest BCUT2D eigenvalue weighted by Gasteiger charge is -2.13. The number of hydrogen-bond acceptors (Lipinski definition) is 5. The van der Waals surface area contributed by atoms with Gasteiger partial charge in [0.15, 0.2) is 0 Å². The third-order valence-electron chi connectivity index (χ3n) is 2.20. The highest BCUT2D eigenvalue weighted by atomic mass is 16.5. The summed E-state index contributed by atoms with van der Waals surface area (Å²) in [5.74, 6) is -2.59. The van der Waals surface area contributed by atoms with Crippen LogP contribution in [-0.2, 0) is 14.3 Å². The van der Waals surface area contributed by atoms with Crippen LogP contribution in [0.5, 0.6) is 0 Å². The normalized spacial score (nSPS) is 11.4. The maximum atomic E-state index is 11.7. The molecule has 0 aromatic carbocycles. The highest BCUT2D eigenvalue weighted by Crippen LogP contribution is 2.00. The molecule has 0 bridgehead atoms. The number of nitrogens with zero attached hydrogens (tertiary/aromatic N) is 1. The molecule has 1 rings (SSSR count). The third-order valence-corrected chi connectivity index (χ3v) is 2.20. The highest BCUT2D eigenvalue weighted by molar-refractivity contribution is 5.97. The summed E-state index contributed by atoms with van der Waals surface area (Å²) < 4.78 is 4.64. The molecule has 0 aliphatic carbocycles. The summed E-state index contributed by atoms with van der Waals surface area (Å²) in [6.07, 6.45) is 2.37. The van der Waals surface area contributed by atoms with Gasteiger partial charge >= 0.3 is 11.9 Å². The molecule has 7 heteroatoms. The van der Waals surface area contributed by atoms with Gasteiger partial charge in [-0.05, 0) is 19.1 Å². The fraction of sp³-hybridized carbons (Fsp3) is 0.333. The van der Waals surface area contributed by atoms with Gasteiger partial charge < -0.3 is 15.2 Å². The van der Waals surface area contributed by atoms with Gasteiger partial charge in [0.1, 0.15) is 6.04 Å². The lowest BCUT2D eigenvalue weighted by Crippen LogP contribution is -2.42. The molecule has 1 aromatic heterocycles. The Morgan fingerprint density at radius 2 is 2.21 bits per heavy atom. The van der Waals surface area contributed by atoms with Crippen molar-refractivity contribution in [2.45, 2.75) is 19.4 Å². The molecule has 2 N–H and O–H groups in total. The molecular weight excluding hydrogens is 252 g/mol. The van der Waals surface area contributed by atoms with E-state index in [0.29, 0.717) is 0 Å².